The molecule has 6 heteroatoms. The lowest BCUT2D eigenvalue weighted by Crippen LogP contribution is -2.42. The van der Waals surface area contributed by atoms with Crippen molar-refractivity contribution < 1.29 is 24.5 Å². The Morgan fingerprint density at radius 3 is 2.47 bits per heavy atom. The van der Waals surface area contributed by atoms with E-state index in [9.17, 15) is 14.7 Å². The molecule has 0 saturated carbocycles. The number of hydrogen-bond donors (Lipinski definition) is 3. The molecule has 0 aromatic heterocycles. The molecule has 1 rings (SSSR count). The Morgan fingerprint density at radius 2 is 1.94 bits per heavy atom. The van der Waals surface area contributed by atoms with Crippen LogP contribution in [0.5, 0.6) is 5.75 Å². The summed E-state index contributed by atoms with van der Waals surface area (Å²) < 4.78 is 4.84. The van der Waals surface area contributed by atoms with Gasteiger partial charge in [-0.1, -0.05) is 12.1 Å². The average Bonchev–Trinajstić information content (AvgIpc) is 2.28. The molecule has 92 valence electrons. The van der Waals surface area contributed by atoms with Crippen molar-refractivity contribution in [2.45, 2.75) is 19.1 Å². The molecule has 0 bridgehead atoms. The minimum absolute atomic E-state index is 0.0306. The summed E-state index contributed by atoms with van der Waals surface area (Å²) in [4.78, 5) is 22.1. The maximum Gasteiger partial charge on any atom is 0.342 e. The van der Waals surface area contributed by atoms with E-state index in [4.69, 9.17) is 15.6 Å². The van der Waals surface area contributed by atoms with Crippen LogP contribution >= 0.6 is 0 Å². The van der Waals surface area contributed by atoms with E-state index < -0.39 is 24.1 Å². The Balaban J connectivity index is 2.74. The van der Waals surface area contributed by atoms with Crippen LogP contribution in [0.2, 0.25) is 0 Å². The van der Waals surface area contributed by atoms with Gasteiger partial charge in [-0.25, -0.2) is 4.79 Å². The number of carbonyl (C=O) groups excluding carboxylic acids is 1. The SMILES string of the molecule is C[C@H](OC(=O)c1ccccc1O)[C@H](N)C(=O)O. The zero-order valence-corrected chi connectivity index (χ0v) is 9.16. The molecule has 0 amide bonds. The normalized spacial score (nSPS) is 13.8. The lowest BCUT2D eigenvalue weighted by molar-refractivity contribution is -0.140. The third-order valence-corrected chi connectivity index (χ3v) is 2.21. The smallest absolute Gasteiger partial charge is 0.342 e. The summed E-state index contributed by atoms with van der Waals surface area (Å²) in [6.45, 7) is 1.37. The Morgan fingerprint density at radius 1 is 1.35 bits per heavy atom. The van der Waals surface area contributed by atoms with E-state index in [0.717, 1.165) is 0 Å². The van der Waals surface area contributed by atoms with Gasteiger partial charge in [0, 0.05) is 0 Å². The van der Waals surface area contributed by atoms with Crippen molar-refractivity contribution in [1.29, 1.82) is 0 Å². The number of carboxylic acids is 1. The van der Waals surface area contributed by atoms with Gasteiger partial charge in [0.2, 0.25) is 0 Å². The summed E-state index contributed by atoms with van der Waals surface area (Å²) in [6, 6.07) is 4.51. The first-order valence-electron chi connectivity index (χ1n) is 4.91. The summed E-state index contributed by atoms with van der Waals surface area (Å²) >= 11 is 0. The third-order valence-electron chi connectivity index (χ3n) is 2.21. The van der Waals surface area contributed by atoms with Gasteiger partial charge in [-0.05, 0) is 19.1 Å². The van der Waals surface area contributed by atoms with Crippen LogP contribution in [-0.4, -0.2) is 34.3 Å². The van der Waals surface area contributed by atoms with Crippen molar-refractivity contribution in [2.24, 2.45) is 5.73 Å². The Kier molecular flexibility index (Phi) is 4.06. The van der Waals surface area contributed by atoms with Crippen LogP contribution in [0.3, 0.4) is 0 Å². The molecule has 0 saturated heterocycles. The fourth-order valence-electron chi connectivity index (χ4n) is 1.15. The summed E-state index contributed by atoms with van der Waals surface area (Å²) in [6.07, 6.45) is -0.986. The molecule has 1 aromatic carbocycles. The number of ether oxygens (including phenoxy) is 1. The summed E-state index contributed by atoms with van der Waals surface area (Å²) in [5.41, 5.74) is 5.25. The van der Waals surface area contributed by atoms with Crippen LogP contribution < -0.4 is 5.73 Å². The average molecular weight is 239 g/mol. The Labute approximate surface area is 97.6 Å². The fourth-order valence-corrected chi connectivity index (χ4v) is 1.15. The van der Waals surface area contributed by atoms with Gasteiger partial charge in [0.25, 0.3) is 0 Å². The molecule has 4 N–H and O–H groups in total. The number of benzene rings is 1. The van der Waals surface area contributed by atoms with Crippen LogP contribution in [0.15, 0.2) is 24.3 Å². The topological polar surface area (TPSA) is 110 Å². The molecule has 0 aliphatic carbocycles. The van der Waals surface area contributed by atoms with Crippen LogP contribution in [-0.2, 0) is 9.53 Å². The van der Waals surface area contributed by atoms with Gasteiger partial charge >= 0.3 is 11.9 Å². The lowest BCUT2D eigenvalue weighted by atomic mass is 10.2. The predicted molar refractivity (Wildman–Crippen MR) is 58.6 cm³/mol. The molecule has 0 heterocycles. The number of aromatic hydroxyl groups is 1. The van der Waals surface area contributed by atoms with E-state index in [2.05, 4.69) is 0 Å². The maximum absolute atomic E-state index is 11.6. The van der Waals surface area contributed by atoms with Crippen LogP contribution in [0.4, 0.5) is 0 Å². The largest absolute Gasteiger partial charge is 0.507 e. The maximum atomic E-state index is 11.6. The van der Waals surface area contributed by atoms with Crippen LogP contribution in [0.1, 0.15) is 17.3 Å². The monoisotopic (exact) mass is 239 g/mol. The molecule has 0 aliphatic rings. The number of rotatable bonds is 4. The van der Waals surface area contributed by atoms with Crippen molar-refractivity contribution in [3.63, 3.8) is 0 Å². The minimum Gasteiger partial charge on any atom is -0.507 e. The molecule has 0 unspecified atom stereocenters. The van der Waals surface area contributed by atoms with Gasteiger partial charge < -0.3 is 20.7 Å². The quantitative estimate of drug-likeness (QED) is 0.654. The molecular formula is C11H13NO5. The molecule has 0 spiro atoms. The van der Waals surface area contributed by atoms with Crippen molar-refractivity contribution >= 4 is 11.9 Å². The number of carbonyl (C=O) groups is 2. The van der Waals surface area contributed by atoms with E-state index in [0.29, 0.717) is 0 Å². The molecule has 0 aliphatic heterocycles. The number of esters is 1. The van der Waals surface area contributed by atoms with Gasteiger partial charge in [-0.15, -0.1) is 0 Å². The van der Waals surface area contributed by atoms with Gasteiger partial charge in [-0.2, -0.15) is 0 Å². The zero-order chi connectivity index (χ0) is 13.0. The van der Waals surface area contributed by atoms with E-state index in [1.54, 1.807) is 12.1 Å². The molecule has 0 radical (unpaired) electrons. The standard InChI is InChI=1S/C11H13NO5/c1-6(9(12)10(14)15)17-11(16)7-4-2-3-5-8(7)13/h2-6,9,13H,12H2,1H3,(H,14,15)/t6-,9-/m0/s1. The Bertz CT molecular complexity index is 432. The summed E-state index contributed by atoms with van der Waals surface area (Å²) in [5.74, 6) is -2.30. The van der Waals surface area contributed by atoms with Gasteiger partial charge in [0.1, 0.15) is 23.5 Å². The van der Waals surface area contributed by atoms with E-state index in [-0.39, 0.29) is 11.3 Å². The predicted octanol–water partition coefficient (Wildman–Crippen LogP) is 0.349. The third kappa shape index (κ3) is 3.18. The molecule has 17 heavy (non-hydrogen) atoms. The van der Waals surface area contributed by atoms with Gasteiger partial charge in [-0.3, -0.25) is 4.79 Å². The van der Waals surface area contributed by atoms with E-state index in [1.165, 1.54) is 19.1 Å². The second kappa shape index (κ2) is 5.31. The number of phenolic OH excluding ortho intramolecular Hbond substituents is 1. The number of hydrogen-bond acceptors (Lipinski definition) is 5. The highest BCUT2D eigenvalue weighted by molar-refractivity contribution is 5.92. The highest BCUT2D eigenvalue weighted by atomic mass is 16.5. The second-order valence-corrected chi connectivity index (χ2v) is 3.49. The van der Waals surface area contributed by atoms with Crippen molar-refractivity contribution in [3.8, 4) is 5.75 Å². The number of nitrogens with two attached hydrogens (primary N) is 1. The molecule has 2 atom stereocenters. The van der Waals surface area contributed by atoms with Crippen molar-refractivity contribution in [2.75, 3.05) is 0 Å². The van der Waals surface area contributed by atoms with Crippen LogP contribution in [0, 0.1) is 0 Å². The lowest BCUT2D eigenvalue weighted by Gasteiger charge is -2.17. The van der Waals surface area contributed by atoms with Crippen molar-refractivity contribution in [3.05, 3.63) is 29.8 Å². The van der Waals surface area contributed by atoms with Crippen LogP contribution in [0.25, 0.3) is 0 Å². The first-order chi connectivity index (χ1) is 7.93. The van der Waals surface area contributed by atoms with E-state index in [1.807, 2.05) is 0 Å². The first kappa shape index (κ1) is 13.0. The zero-order valence-electron chi connectivity index (χ0n) is 9.16. The molecule has 0 fully saturated rings. The first-order valence-corrected chi connectivity index (χ1v) is 4.91. The highest BCUT2D eigenvalue weighted by Crippen LogP contribution is 2.17. The van der Waals surface area contributed by atoms with Gasteiger partial charge in [0.05, 0.1) is 0 Å². The van der Waals surface area contributed by atoms with Crippen molar-refractivity contribution in [1.82, 2.24) is 0 Å². The number of carboxylic acid groups (broad SMARTS) is 1. The number of phenols is 1. The number of para-hydroxylation sites is 1. The second-order valence-electron chi connectivity index (χ2n) is 3.49. The Hall–Kier alpha value is -2.08. The molecule has 6 nitrogen and oxygen atoms in total. The molecule has 1 aromatic rings. The molecular weight excluding hydrogens is 226 g/mol. The summed E-state index contributed by atoms with van der Waals surface area (Å²) in [5, 5.41) is 18.0. The van der Waals surface area contributed by atoms with Gasteiger partial charge in [0.15, 0.2) is 0 Å². The number of aliphatic carboxylic acids is 1. The summed E-state index contributed by atoms with van der Waals surface area (Å²) in [7, 11) is 0. The minimum atomic E-state index is -1.30. The fraction of sp³-hybridized carbons (Fsp3) is 0.273. The van der Waals surface area contributed by atoms with E-state index >= 15 is 0 Å². The highest BCUT2D eigenvalue weighted by Gasteiger charge is 2.24.